The van der Waals surface area contributed by atoms with Crippen LogP contribution in [0.2, 0.25) is 0 Å². The fourth-order valence-corrected chi connectivity index (χ4v) is 1.93. The molecule has 1 rings (SSSR count). The zero-order valence-electron chi connectivity index (χ0n) is 9.59. The van der Waals surface area contributed by atoms with Gasteiger partial charge in [-0.1, -0.05) is 6.08 Å². The van der Waals surface area contributed by atoms with Gasteiger partial charge in [-0.15, -0.1) is 6.58 Å². The van der Waals surface area contributed by atoms with Crippen molar-refractivity contribution in [2.45, 2.75) is 19.0 Å². The first-order valence-corrected chi connectivity index (χ1v) is 5.61. The zero-order chi connectivity index (χ0) is 12.9. The van der Waals surface area contributed by atoms with Crippen molar-refractivity contribution < 1.29 is 18.0 Å². The summed E-state index contributed by atoms with van der Waals surface area (Å²) in [5.41, 5.74) is 0. The van der Waals surface area contributed by atoms with Gasteiger partial charge in [0, 0.05) is 12.5 Å². The topological polar surface area (TPSA) is 32.3 Å². The van der Waals surface area contributed by atoms with Crippen LogP contribution >= 0.6 is 0 Å². The molecule has 0 unspecified atom stereocenters. The number of nitrogens with one attached hydrogen (secondary N) is 1. The second kappa shape index (κ2) is 6.05. The Kier molecular flexibility index (Phi) is 4.99. The fraction of sp³-hybridized carbons (Fsp3) is 0.727. The normalized spacial score (nSPS) is 17.8. The molecule has 98 valence electrons. The van der Waals surface area contributed by atoms with E-state index in [1.54, 1.807) is 0 Å². The van der Waals surface area contributed by atoms with Gasteiger partial charge in [0.15, 0.2) is 0 Å². The molecule has 0 aromatic rings. The average Bonchev–Trinajstić information content (AvgIpc) is 2.27. The van der Waals surface area contributed by atoms with E-state index in [1.807, 2.05) is 0 Å². The molecule has 0 atom stereocenters. The molecule has 1 amide bonds. The smallest absolute Gasteiger partial charge is 0.330 e. The van der Waals surface area contributed by atoms with Crippen LogP contribution in [0.5, 0.6) is 0 Å². The first kappa shape index (κ1) is 14.0. The number of nitrogens with zero attached hydrogens (tertiary/aromatic N) is 1. The summed E-state index contributed by atoms with van der Waals surface area (Å²) in [4.78, 5) is 12.8. The molecule has 3 nitrogen and oxygen atoms in total. The van der Waals surface area contributed by atoms with Gasteiger partial charge in [-0.05, 0) is 25.9 Å². The Balaban J connectivity index is 2.61. The molecular weight excluding hydrogens is 233 g/mol. The van der Waals surface area contributed by atoms with E-state index in [2.05, 4.69) is 11.9 Å². The van der Waals surface area contributed by atoms with Gasteiger partial charge in [0.1, 0.15) is 6.54 Å². The van der Waals surface area contributed by atoms with E-state index < -0.39 is 18.6 Å². The molecule has 6 heteroatoms. The van der Waals surface area contributed by atoms with Gasteiger partial charge in [0.05, 0.1) is 0 Å². The number of carbonyl (C=O) groups excluding carboxylic acids is 1. The maximum absolute atomic E-state index is 12.3. The molecule has 1 heterocycles. The van der Waals surface area contributed by atoms with Crippen LogP contribution in [0.15, 0.2) is 12.7 Å². The summed E-state index contributed by atoms with van der Waals surface area (Å²) in [7, 11) is 0. The lowest BCUT2D eigenvalue weighted by Crippen LogP contribution is -2.44. The first-order valence-electron chi connectivity index (χ1n) is 5.61. The quantitative estimate of drug-likeness (QED) is 0.768. The Morgan fingerprint density at radius 2 is 2.00 bits per heavy atom. The Hall–Kier alpha value is -1.04. The van der Waals surface area contributed by atoms with Gasteiger partial charge in [0.2, 0.25) is 5.91 Å². The Morgan fingerprint density at radius 1 is 1.41 bits per heavy atom. The zero-order valence-corrected chi connectivity index (χ0v) is 9.59. The molecule has 0 radical (unpaired) electrons. The van der Waals surface area contributed by atoms with Crippen molar-refractivity contribution in [2.75, 3.05) is 26.2 Å². The summed E-state index contributed by atoms with van der Waals surface area (Å²) < 4.78 is 36.9. The van der Waals surface area contributed by atoms with Crippen molar-refractivity contribution in [3.8, 4) is 0 Å². The van der Waals surface area contributed by atoms with Gasteiger partial charge in [-0.3, -0.25) is 4.79 Å². The van der Waals surface area contributed by atoms with E-state index in [1.165, 1.54) is 6.08 Å². The highest BCUT2D eigenvalue weighted by Gasteiger charge is 2.35. The second-order valence-electron chi connectivity index (χ2n) is 4.15. The number of amides is 1. The molecule has 0 aliphatic carbocycles. The number of rotatable bonds is 4. The SMILES string of the molecule is C=CCN(CC(F)(F)F)C(=O)C1CCNCC1. The predicted octanol–water partition coefficient (Wildman–Crippen LogP) is 1.56. The number of alkyl halides is 3. The van der Waals surface area contributed by atoms with Crippen molar-refractivity contribution in [3.63, 3.8) is 0 Å². The number of piperidine rings is 1. The molecule has 0 bridgehead atoms. The standard InChI is InChI=1S/C11H17F3N2O/c1-2-7-16(8-11(12,13)14)10(17)9-3-5-15-6-4-9/h2,9,15H,1,3-8H2. The van der Waals surface area contributed by atoms with Crippen LogP contribution in [0.4, 0.5) is 13.2 Å². The van der Waals surface area contributed by atoms with E-state index in [-0.39, 0.29) is 12.5 Å². The van der Waals surface area contributed by atoms with Crippen LogP contribution in [0.1, 0.15) is 12.8 Å². The highest BCUT2D eigenvalue weighted by Crippen LogP contribution is 2.20. The molecule has 1 aliphatic heterocycles. The predicted molar refractivity (Wildman–Crippen MR) is 58.4 cm³/mol. The molecule has 1 aliphatic rings. The summed E-state index contributed by atoms with van der Waals surface area (Å²) in [5, 5.41) is 3.08. The van der Waals surface area contributed by atoms with Crippen LogP contribution in [0.3, 0.4) is 0 Å². The molecular formula is C11H17F3N2O. The van der Waals surface area contributed by atoms with Crippen LogP contribution in [-0.2, 0) is 4.79 Å². The average molecular weight is 250 g/mol. The molecule has 1 fully saturated rings. The van der Waals surface area contributed by atoms with Crippen LogP contribution in [0, 0.1) is 5.92 Å². The van der Waals surface area contributed by atoms with Gasteiger partial charge in [0.25, 0.3) is 0 Å². The summed E-state index contributed by atoms with van der Waals surface area (Å²) in [6, 6.07) is 0. The van der Waals surface area contributed by atoms with Gasteiger partial charge in [-0.2, -0.15) is 13.2 Å². The largest absolute Gasteiger partial charge is 0.406 e. The van der Waals surface area contributed by atoms with E-state index in [9.17, 15) is 18.0 Å². The minimum atomic E-state index is -4.36. The highest BCUT2D eigenvalue weighted by atomic mass is 19.4. The van der Waals surface area contributed by atoms with E-state index in [4.69, 9.17) is 0 Å². The Labute approximate surface area is 98.7 Å². The molecule has 0 aromatic carbocycles. The monoisotopic (exact) mass is 250 g/mol. The highest BCUT2D eigenvalue weighted by molar-refractivity contribution is 5.79. The summed E-state index contributed by atoms with van der Waals surface area (Å²) in [6.07, 6.45) is -1.83. The summed E-state index contributed by atoms with van der Waals surface area (Å²) in [5.74, 6) is -0.706. The van der Waals surface area contributed by atoms with Crippen LogP contribution in [0.25, 0.3) is 0 Å². The molecule has 1 saturated heterocycles. The Morgan fingerprint density at radius 3 is 2.47 bits per heavy atom. The molecule has 1 N–H and O–H groups in total. The lowest BCUT2D eigenvalue weighted by Gasteiger charge is -2.29. The van der Waals surface area contributed by atoms with Crippen molar-refractivity contribution in [3.05, 3.63) is 12.7 Å². The minimum absolute atomic E-state index is 0.0533. The van der Waals surface area contributed by atoms with E-state index in [0.29, 0.717) is 25.9 Å². The third kappa shape index (κ3) is 4.77. The third-order valence-electron chi connectivity index (χ3n) is 2.72. The minimum Gasteiger partial charge on any atom is -0.330 e. The number of halogens is 3. The van der Waals surface area contributed by atoms with Crippen LogP contribution in [-0.4, -0.2) is 43.2 Å². The van der Waals surface area contributed by atoms with E-state index in [0.717, 1.165) is 4.90 Å². The Bertz CT molecular complexity index is 272. The van der Waals surface area contributed by atoms with Crippen LogP contribution < -0.4 is 5.32 Å². The lowest BCUT2D eigenvalue weighted by atomic mass is 9.96. The molecule has 0 spiro atoms. The molecule has 17 heavy (non-hydrogen) atoms. The molecule has 0 saturated carbocycles. The third-order valence-corrected chi connectivity index (χ3v) is 2.72. The van der Waals surface area contributed by atoms with E-state index >= 15 is 0 Å². The fourth-order valence-electron chi connectivity index (χ4n) is 1.93. The number of hydrogen-bond acceptors (Lipinski definition) is 2. The first-order chi connectivity index (χ1) is 7.94. The lowest BCUT2D eigenvalue weighted by molar-refractivity contribution is -0.163. The van der Waals surface area contributed by atoms with Crippen molar-refractivity contribution in [2.24, 2.45) is 5.92 Å². The van der Waals surface area contributed by atoms with Gasteiger partial charge < -0.3 is 10.2 Å². The van der Waals surface area contributed by atoms with Crippen molar-refractivity contribution in [1.82, 2.24) is 10.2 Å². The van der Waals surface area contributed by atoms with Gasteiger partial charge in [-0.25, -0.2) is 0 Å². The maximum atomic E-state index is 12.3. The maximum Gasteiger partial charge on any atom is 0.406 e. The molecule has 0 aromatic heterocycles. The van der Waals surface area contributed by atoms with Gasteiger partial charge >= 0.3 is 6.18 Å². The summed E-state index contributed by atoms with van der Waals surface area (Å²) >= 11 is 0. The summed E-state index contributed by atoms with van der Waals surface area (Å²) in [6.45, 7) is 3.51. The number of hydrogen-bond donors (Lipinski definition) is 1. The number of carbonyl (C=O) groups is 1. The van der Waals surface area contributed by atoms with Crippen molar-refractivity contribution >= 4 is 5.91 Å². The van der Waals surface area contributed by atoms with Crippen molar-refractivity contribution in [1.29, 1.82) is 0 Å². The second-order valence-corrected chi connectivity index (χ2v) is 4.15.